The molecule has 1 aliphatic rings. The lowest BCUT2D eigenvalue weighted by Crippen LogP contribution is -2.50. The third kappa shape index (κ3) is 4.87. The van der Waals surface area contributed by atoms with Gasteiger partial charge in [0.25, 0.3) is 5.91 Å². The second kappa shape index (κ2) is 9.64. The van der Waals surface area contributed by atoms with Crippen LogP contribution < -0.4 is 5.32 Å². The molecule has 9 heteroatoms. The zero-order valence-corrected chi connectivity index (χ0v) is 17.7. The quantitative estimate of drug-likeness (QED) is 0.578. The predicted octanol–water partition coefficient (Wildman–Crippen LogP) is 2.58. The van der Waals surface area contributed by atoms with Crippen molar-refractivity contribution in [2.75, 3.05) is 43.8 Å². The van der Waals surface area contributed by atoms with Crippen molar-refractivity contribution in [3.63, 3.8) is 0 Å². The summed E-state index contributed by atoms with van der Waals surface area (Å²) in [6, 6.07) is 17.1. The first-order chi connectivity index (χ1) is 15.2. The Bertz CT molecular complexity index is 1130. The molecule has 1 fully saturated rings. The predicted molar refractivity (Wildman–Crippen MR) is 120 cm³/mol. The van der Waals surface area contributed by atoms with Crippen LogP contribution in [0.5, 0.6) is 0 Å². The molecule has 2 aromatic carbocycles. The SMILES string of the molecule is N#CCSc1ccccc1NC(=O)CN1CCN(C(=O)c2n[nH]c3ccccc23)CC1. The van der Waals surface area contributed by atoms with Gasteiger partial charge in [0.2, 0.25) is 5.91 Å². The molecule has 0 aliphatic carbocycles. The summed E-state index contributed by atoms with van der Waals surface area (Å²) in [4.78, 5) is 30.1. The number of thioether (sulfide) groups is 1. The van der Waals surface area contributed by atoms with Crippen molar-refractivity contribution in [3.05, 3.63) is 54.2 Å². The monoisotopic (exact) mass is 434 g/mol. The van der Waals surface area contributed by atoms with Gasteiger partial charge in [-0.05, 0) is 18.2 Å². The highest BCUT2D eigenvalue weighted by atomic mass is 32.2. The first kappa shape index (κ1) is 20.9. The van der Waals surface area contributed by atoms with Gasteiger partial charge < -0.3 is 10.2 Å². The van der Waals surface area contributed by atoms with Crippen LogP contribution in [0.15, 0.2) is 53.4 Å². The molecule has 2 amide bonds. The molecule has 4 rings (SSSR count). The molecule has 0 bridgehead atoms. The van der Waals surface area contributed by atoms with Gasteiger partial charge in [0, 0.05) is 36.5 Å². The zero-order chi connectivity index (χ0) is 21.6. The average Bonchev–Trinajstić information content (AvgIpc) is 3.23. The Labute approximate surface area is 184 Å². The Morgan fingerprint density at radius 1 is 1.10 bits per heavy atom. The molecule has 158 valence electrons. The maximum absolute atomic E-state index is 12.9. The van der Waals surface area contributed by atoms with E-state index in [1.54, 1.807) is 4.90 Å². The smallest absolute Gasteiger partial charge is 0.275 e. The molecule has 1 aromatic heterocycles. The largest absolute Gasteiger partial charge is 0.335 e. The summed E-state index contributed by atoms with van der Waals surface area (Å²) >= 11 is 1.40. The lowest BCUT2D eigenvalue weighted by atomic mass is 10.2. The highest BCUT2D eigenvalue weighted by molar-refractivity contribution is 7.99. The van der Waals surface area contributed by atoms with E-state index in [9.17, 15) is 9.59 Å². The van der Waals surface area contributed by atoms with E-state index in [0.29, 0.717) is 43.3 Å². The van der Waals surface area contributed by atoms with Crippen molar-refractivity contribution < 1.29 is 9.59 Å². The topological polar surface area (TPSA) is 105 Å². The highest BCUT2D eigenvalue weighted by Crippen LogP contribution is 2.26. The third-order valence-electron chi connectivity index (χ3n) is 5.15. The number of nitriles is 1. The molecule has 0 spiro atoms. The van der Waals surface area contributed by atoms with Gasteiger partial charge in [0.1, 0.15) is 0 Å². The first-order valence-electron chi connectivity index (χ1n) is 9.99. The number of fused-ring (bicyclic) bond motifs is 1. The summed E-state index contributed by atoms with van der Waals surface area (Å²) in [5.41, 5.74) is 2.00. The van der Waals surface area contributed by atoms with Crippen LogP contribution in [-0.2, 0) is 4.79 Å². The van der Waals surface area contributed by atoms with E-state index in [0.717, 1.165) is 15.8 Å². The van der Waals surface area contributed by atoms with Gasteiger partial charge in [-0.1, -0.05) is 30.3 Å². The lowest BCUT2D eigenvalue weighted by Gasteiger charge is -2.34. The number of carbonyl (C=O) groups excluding carboxylic acids is 2. The van der Waals surface area contributed by atoms with E-state index < -0.39 is 0 Å². The van der Waals surface area contributed by atoms with E-state index in [1.165, 1.54) is 11.8 Å². The number of hydrogen-bond donors (Lipinski definition) is 2. The van der Waals surface area contributed by atoms with E-state index in [1.807, 2.05) is 53.4 Å². The minimum atomic E-state index is -0.108. The molecule has 2 N–H and O–H groups in total. The molecule has 0 radical (unpaired) electrons. The second-order valence-electron chi connectivity index (χ2n) is 7.18. The number of benzene rings is 2. The number of para-hydroxylation sites is 2. The number of aromatic amines is 1. The number of rotatable bonds is 6. The standard InChI is InChI=1S/C22H22N6O2S/c23-9-14-31-19-8-4-3-7-18(19)24-20(29)15-27-10-12-28(13-11-27)22(30)21-16-5-1-2-6-17(16)25-26-21/h1-8H,10-15H2,(H,24,29)(H,25,26). The summed E-state index contributed by atoms with van der Waals surface area (Å²) in [5.74, 6) is 0.127. The number of amides is 2. The van der Waals surface area contributed by atoms with Crippen molar-refractivity contribution in [3.8, 4) is 6.07 Å². The molecule has 0 atom stereocenters. The van der Waals surface area contributed by atoms with Gasteiger partial charge in [0.05, 0.1) is 29.6 Å². The van der Waals surface area contributed by atoms with Gasteiger partial charge in [-0.2, -0.15) is 10.4 Å². The van der Waals surface area contributed by atoms with Crippen molar-refractivity contribution in [1.29, 1.82) is 5.26 Å². The molecule has 8 nitrogen and oxygen atoms in total. The fourth-order valence-electron chi connectivity index (χ4n) is 3.58. The third-order valence-corrected chi connectivity index (χ3v) is 6.09. The number of nitrogens with one attached hydrogen (secondary N) is 2. The van der Waals surface area contributed by atoms with Crippen molar-refractivity contribution in [2.45, 2.75) is 4.90 Å². The van der Waals surface area contributed by atoms with Gasteiger partial charge in [-0.25, -0.2) is 0 Å². The number of H-pyrrole nitrogens is 1. The number of piperazine rings is 1. The van der Waals surface area contributed by atoms with Crippen LogP contribution in [-0.4, -0.2) is 70.3 Å². The normalized spacial score (nSPS) is 14.4. The Kier molecular flexibility index (Phi) is 6.50. The summed E-state index contributed by atoms with van der Waals surface area (Å²) in [6.45, 7) is 2.58. The first-order valence-corrected chi connectivity index (χ1v) is 11.0. The van der Waals surface area contributed by atoms with Crippen LogP contribution >= 0.6 is 11.8 Å². The Balaban J connectivity index is 1.31. The average molecular weight is 435 g/mol. The van der Waals surface area contributed by atoms with Crippen molar-refractivity contribution >= 4 is 40.2 Å². The van der Waals surface area contributed by atoms with Crippen molar-refractivity contribution in [1.82, 2.24) is 20.0 Å². The molecule has 2 heterocycles. The zero-order valence-electron chi connectivity index (χ0n) is 16.9. The number of aromatic nitrogens is 2. The molecular formula is C22H22N6O2S. The summed E-state index contributed by atoms with van der Waals surface area (Å²) in [5, 5.41) is 19.7. The Morgan fingerprint density at radius 2 is 1.84 bits per heavy atom. The molecule has 3 aromatic rings. The van der Waals surface area contributed by atoms with Crippen LogP contribution in [0.25, 0.3) is 10.9 Å². The Morgan fingerprint density at radius 3 is 2.65 bits per heavy atom. The highest BCUT2D eigenvalue weighted by Gasteiger charge is 2.26. The van der Waals surface area contributed by atoms with Crippen LogP contribution in [0.3, 0.4) is 0 Å². The van der Waals surface area contributed by atoms with Gasteiger partial charge >= 0.3 is 0 Å². The van der Waals surface area contributed by atoms with Crippen LogP contribution in [0.1, 0.15) is 10.5 Å². The number of nitrogens with zero attached hydrogens (tertiary/aromatic N) is 4. The number of anilines is 1. The van der Waals surface area contributed by atoms with Gasteiger partial charge in [-0.3, -0.25) is 19.6 Å². The molecule has 1 aliphatic heterocycles. The second-order valence-corrected chi connectivity index (χ2v) is 8.19. The Hall–Kier alpha value is -3.35. The molecule has 1 saturated heterocycles. The van der Waals surface area contributed by atoms with E-state index in [2.05, 4.69) is 21.6 Å². The maximum atomic E-state index is 12.9. The number of carbonyl (C=O) groups is 2. The summed E-state index contributed by atoms with van der Waals surface area (Å²) in [7, 11) is 0. The van der Waals surface area contributed by atoms with E-state index in [4.69, 9.17) is 5.26 Å². The molecule has 0 unspecified atom stereocenters. The van der Waals surface area contributed by atoms with E-state index >= 15 is 0 Å². The molecular weight excluding hydrogens is 412 g/mol. The fourth-order valence-corrected chi connectivity index (χ4v) is 4.25. The minimum Gasteiger partial charge on any atom is -0.335 e. The fraction of sp³-hybridized carbons (Fsp3) is 0.273. The lowest BCUT2D eigenvalue weighted by molar-refractivity contribution is -0.117. The van der Waals surface area contributed by atoms with Crippen LogP contribution in [0, 0.1) is 11.3 Å². The van der Waals surface area contributed by atoms with Crippen molar-refractivity contribution in [2.24, 2.45) is 0 Å². The minimum absolute atomic E-state index is 0.0926. The number of hydrogen-bond acceptors (Lipinski definition) is 6. The molecule has 31 heavy (non-hydrogen) atoms. The van der Waals surface area contributed by atoms with Crippen LogP contribution in [0.4, 0.5) is 5.69 Å². The van der Waals surface area contributed by atoms with E-state index in [-0.39, 0.29) is 18.4 Å². The summed E-state index contributed by atoms with van der Waals surface area (Å²) < 4.78 is 0. The summed E-state index contributed by atoms with van der Waals surface area (Å²) in [6.07, 6.45) is 0. The van der Waals surface area contributed by atoms with Gasteiger partial charge in [0.15, 0.2) is 5.69 Å². The van der Waals surface area contributed by atoms with Crippen LogP contribution in [0.2, 0.25) is 0 Å². The molecule has 0 saturated carbocycles. The maximum Gasteiger partial charge on any atom is 0.275 e. The van der Waals surface area contributed by atoms with Gasteiger partial charge in [-0.15, -0.1) is 11.8 Å².